The molecule has 17 nitrogen and oxygen atoms in total. The molecule has 0 radical (unpaired) electrons. The highest BCUT2D eigenvalue weighted by Gasteiger charge is 2.74. The molecule has 0 bridgehead atoms. The lowest BCUT2D eigenvalue weighted by Crippen LogP contribution is -2.68. The number of ether oxygens (including phenoxy) is 3. The molecule has 5 aliphatic carbocycles. The zero-order valence-electron chi connectivity index (χ0n) is 46.8. The summed E-state index contributed by atoms with van der Waals surface area (Å²) in [5.41, 5.74) is -2.43. The van der Waals surface area contributed by atoms with Crippen molar-refractivity contribution in [3.63, 3.8) is 0 Å². The summed E-state index contributed by atoms with van der Waals surface area (Å²) in [5, 5.41) is 65.8. The number of aromatic amines is 1. The average Bonchev–Trinajstić information content (AvgIpc) is 1.97. The zero-order chi connectivity index (χ0) is 59.8. The van der Waals surface area contributed by atoms with Crippen LogP contribution in [0.3, 0.4) is 0 Å². The maximum absolute atomic E-state index is 13.3. The number of esters is 1. The van der Waals surface area contributed by atoms with Crippen molar-refractivity contribution < 1.29 is 58.9 Å². The summed E-state index contributed by atoms with van der Waals surface area (Å²) in [6.07, 6.45) is 7.40. The van der Waals surface area contributed by atoms with Crippen LogP contribution in [0.1, 0.15) is 99.1 Å². The smallest absolute Gasteiger partial charge is 0.411 e. The number of nitrogens with zero attached hydrogens (tertiary/aromatic N) is 1. The Kier molecular flexibility index (Phi) is 18.8. The van der Waals surface area contributed by atoms with Gasteiger partial charge in [0.05, 0.1) is 56.1 Å². The van der Waals surface area contributed by atoms with Crippen molar-refractivity contribution in [2.45, 2.75) is 119 Å². The number of nitrogens with one attached hydrogen (secondary N) is 3. The number of rotatable bonds is 17. The number of phenolic OH excluding ortho intramolecular Hbond substituents is 1. The van der Waals surface area contributed by atoms with E-state index in [9.17, 15) is 49.5 Å². The number of hydrogen-bond acceptors (Lipinski definition) is 17. The van der Waals surface area contributed by atoms with E-state index in [0.717, 1.165) is 31.3 Å². The van der Waals surface area contributed by atoms with Crippen molar-refractivity contribution >= 4 is 97.7 Å². The van der Waals surface area contributed by atoms with E-state index < -0.39 is 51.2 Å². The van der Waals surface area contributed by atoms with Gasteiger partial charge >= 0.3 is 12.1 Å². The summed E-state index contributed by atoms with van der Waals surface area (Å²) in [5.74, 6) is -1.29. The largest absolute Gasteiger partial charge is 0.506 e. The number of aromatic hydroxyl groups is 1. The SMILES string of the molecule is COc1cc(NC(=O)OCCN(C)C2CCC(OC(=O)C(O)(c3cccs3)c3cccs3)CC2)c(Cl)cc1CNC[C@H](O)c1ccc(O)c2[nH]c(=O)ccc12.C[C@@H]1C[C@H]2[C@@H]3CCC4=CC(=O)C=C[C@]4(C)[C@@]3(Cl)[C@@H](O)C[C@]2(C)[C@@]1(O)C(=O)CCl. The summed E-state index contributed by atoms with van der Waals surface area (Å²) < 4.78 is 16.9. The predicted octanol–water partition coefficient (Wildman–Crippen LogP) is 9.52. The number of aliphatic hydroxyl groups excluding tert-OH is 2. The van der Waals surface area contributed by atoms with Gasteiger partial charge in [-0.15, -0.1) is 45.9 Å². The van der Waals surface area contributed by atoms with Crippen LogP contribution < -0.4 is 20.9 Å². The van der Waals surface area contributed by atoms with Crippen LogP contribution in [0.15, 0.2) is 100 Å². The van der Waals surface area contributed by atoms with E-state index in [4.69, 9.17) is 49.0 Å². The number of halogens is 3. The molecular weight excluding hydrogens is 1170 g/mol. The molecule has 3 heterocycles. The van der Waals surface area contributed by atoms with Gasteiger partial charge in [0, 0.05) is 59.6 Å². The quantitative estimate of drug-likeness (QED) is 0.0319. The number of carbonyl (C=O) groups is 4. The first-order valence-electron chi connectivity index (χ1n) is 27.8. The monoisotopic (exact) mass is 1240 g/mol. The van der Waals surface area contributed by atoms with E-state index in [0.29, 0.717) is 63.5 Å². The number of amides is 1. The van der Waals surface area contributed by atoms with Crippen molar-refractivity contribution in [2.24, 2.45) is 28.6 Å². The maximum atomic E-state index is 13.3. The van der Waals surface area contributed by atoms with Gasteiger partial charge in [-0.05, 0) is 135 Å². The van der Waals surface area contributed by atoms with Crippen LogP contribution in [-0.2, 0) is 36.0 Å². The normalized spacial score (nSPS) is 28.7. The minimum Gasteiger partial charge on any atom is -0.506 e. The average molecular weight is 1240 g/mol. The van der Waals surface area contributed by atoms with Crippen molar-refractivity contribution in [3.8, 4) is 11.5 Å². The Balaban J connectivity index is 0.000000246. The zero-order valence-corrected chi connectivity index (χ0v) is 50.7. The highest BCUT2D eigenvalue weighted by Crippen LogP contribution is 2.71. The molecule has 0 saturated heterocycles. The number of methoxy groups -OCH3 is 1. The minimum absolute atomic E-state index is 0.00929. The van der Waals surface area contributed by atoms with Gasteiger partial charge < -0.3 is 54.9 Å². The number of carbonyl (C=O) groups excluding carboxylic acids is 4. The molecule has 5 aliphatic rings. The van der Waals surface area contributed by atoms with Crippen LogP contribution in [0.5, 0.6) is 11.5 Å². The summed E-state index contributed by atoms with van der Waals surface area (Å²) in [6, 6.07) is 16.5. The summed E-state index contributed by atoms with van der Waals surface area (Å²) in [4.78, 5) is 67.2. The lowest BCUT2D eigenvalue weighted by molar-refractivity contribution is -0.175. The van der Waals surface area contributed by atoms with E-state index in [-0.39, 0.29) is 95.3 Å². The predicted molar refractivity (Wildman–Crippen MR) is 321 cm³/mol. The van der Waals surface area contributed by atoms with Crippen molar-refractivity contribution in [1.29, 1.82) is 0 Å². The molecule has 5 aromatic rings. The molecule has 4 saturated carbocycles. The molecule has 10 rings (SSSR count). The van der Waals surface area contributed by atoms with E-state index in [1.807, 2.05) is 44.7 Å². The second-order valence-electron chi connectivity index (χ2n) is 23.0. The Hall–Kier alpha value is -5.16. The Morgan fingerprint density at radius 3 is 2.34 bits per heavy atom. The van der Waals surface area contributed by atoms with Gasteiger partial charge in [0.15, 0.2) is 11.6 Å². The standard InChI is InChI=1S/C39H43ClN4O9S2.C22H28Cl2O4/c1-44(24-7-9-25(10-8-24)53-37(48)39(50,33-5-3-17-54-33)34-6-4-18-55-34)15-16-52-38(49)42-29-20-32(51-2)23(19-28(29)40)21-41-22-31(46)26-11-13-30(45)36-27(26)12-14-35(47)43-36;1-12-8-16-15-5-4-13-9-14(25)6-7-19(13,2)21(15,24)17(26)10-20(16,3)22(12,28)18(27)11-23/h3-6,11-14,17-20,24-25,31,41,45-46,50H,7-10,15-16,21-22H2,1-2H3,(H,42,49)(H,43,47);6-7,9,12,15-17,26,28H,4-5,8,10-11H2,1-3H3/t24?,25?,31-;12-,15+,16+,17+,19+,20+,21+,22+/m01/s1. The van der Waals surface area contributed by atoms with E-state index in [1.54, 1.807) is 60.7 Å². The number of fused-ring (bicyclic) bond motifs is 6. The third-order valence-electron chi connectivity index (χ3n) is 18.6. The highest BCUT2D eigenvalue weighted by atomic mass is 35.5. The number of hydrogen-bond donors (Lipinski definition) is 8. The van der Waals surface area contributed by atoms with E-state index >= 15 is 0 Å². The number of thiophene rings is 2. The molecule has 83 heavy (non-hydrogen) atoms. The molecule has 4 fully saturated rings. The summed E-state index contributed by atoms with van der Waals surface area (Å²) in [6.45, 7) is 6.86. The van der Waals surface area contributed by atoms with Crippen LogP contribution in [-0.4, -0.2) is 128 Å². The molecule has 3 aromatic heterocycles. The van der Waals surface area contributed by atoms with Crippen LogP contribution in [0, 0.1) is 28.6 Å². The van der Waals surface area contributed by atoms with Crippen molar-refractivity contribution in [2.75, 3.05) is 45.1 Å². The number of phenols is 1. The molecule has 0 spiro atoms. The van der Waals surface area contributed by atoms with E-state index in [1.165, 1.54) is 41.9 Å². The van der Waals surface area contributed by atoms with E-state index in [2.05, 4.69) is 20.5 Å². The molecule has 9 atom stereocenters. The number of Topliss-reactive ketones (excluding diaryl/α,β-unsaturated/α-hetero) is 1. The van der Waals surface area contributed by atoms with Crippen LogP contribution in [0.25, 0.3) is 10.9 Å². The number of aromatic nitrogens is 1. The second kappa shape index (κ2) is 25.0. The Labute approximate surface area is 504 Å². The third-order valence-corrected chi connectivity index (χ3v) is 22.0. The number of H-pyrrole nitrogens is 1. The first kappa shape index (κ1) is 62.4. The van der Waals surface area contributed by atoms with Crippen LogP contribution in [0.2, 0.25) is 5.02 Å². The number of likely N-dealkylation sites (N-methyl/N-ethyl adjacent to an activating group) is 1. The first-order valence-corrected chi connectivity index (χ1v) is 30.9. The summed E-state index contributed by atoms with van der Waals surface area (Å²) >= 11 is 22.3. The van der Waals surface area contributed by atoms with Gasteiger partial charge in [-0.2, -0.15) is 0 Å². The molecule has 22 heteroatoms. The summed E-state index contributed by atoms with van der Waals surface area (Å²) in [7, 11) is 3.46. The topological polar surface area (TPSA) is 257 Å². The highest BCUT2D eigenvalue weighted by molar-refractivity contribution is 7.12. The fourth-order valence-corrected chi connectivity index (χ4v) is 16.7. The number of anilines is 1. The van der Waals surface area contributed by atoms with Crippen LogP contribution >= 0.6 is 57.5 Å². The molecule has 446 valence electrons. The Morgan fingerprint density at radius 1 is 0.988 bits per heavy atom. The molecule has 0 aliphatic heterocycles. The van der Waals surface area contributed by atoms with Gasteiger partial charge in [0.25, 0.3) is 0 Å². The number of pyridine rings is 1. The van der Waals surface area contributed by atoms with Gasteiger partial charge in [-0.25, -0.2) is 9.59 Å². The molecule has 1 amide bonds. The lowest BCUT2D eigenvalue weighted by atomic mass is 9.45. The minimum atomic E-state index is -1.83. The van der Waals surface area contributed by atoms with Crippen molar-refractivity contribution in [1.82, 2.24) is 15.2 Å². The van der Waals surface area contributed by atoms with Gasteiger partial charge in [-0.1, -0.05) is 62.2 Å². The molecule has 2 aromatic carbocycles. The van der Waals surface area contributed by atoms with Crippen molar-refractivity contribution in [3.05, 3.63) is 131 Å². The molecular formula is C61H71Cl3N4O13S2. The lowest BCUT2D eigenvalue weighted by Gasteiger charge is -2.63. The maximum Gasteiger partial charge on any atom is 0.411 e. The number of allylic oxidation sites excluding steroid dienone is 4. The fourth-order valence-electron chi connectivity index (χ4n) is 14.0. The molecule has 0 unspecified atom stereocenters. The molecule has 8 N–H and O–H groups in total. The number of aliphatic hydroxyl groups is 4. The number of alkyl halides is 2. The van der Waals surface area contributed by atoms with Gasteiger partial charge in [0.1, 0.15) is 29.8 Å². The third kappa shape index (κ3) is 11.6. The first-order chi connectivity index (χ1) is 39.4. The number of ketones is 2. The Morgan fingerprint density at radius 2 is 1.69 bits per heavy atom. The Bertz CT molecular complexity index is 3300. The number of benzene rings is 2. The second-order valence-corrected chi connectivity index (χ2v) is 26.2. The van der Waals surface area contributed by atoms with Crippen LogP contribution in [0.4, 0.5) is 10.5 Å². The van der Waals surface area contributed by atoms with Gasteiger partial charge in [0.2, 0.25) is 11.2 Å². The fraction of sp³-hybridized carbons (Fsp3) is 0.492. The van der Waals surface area contributed by atoms with Gasteiger partial charge in [-0.3, -0.25) is 19.7 Å².